The van der Waals surface area contributed by atoms with Crippen LogP contribution in [0.15, 0.2) is 0 Å². The summed E-state index contributed by atoms with van der Waals surface area (Å²) in [5.41, 5.74) is 0. The van der Waals surface area contributed by atoms with E-state index in [0.717, 1.165) is 0 Å². The monoisotopic (exact) mass is 312 g/mol. The second kappa shape index (κ2) is 7.54. The lowest BCUT2D eigenvalue weighted by Crippen LogP contribution is -2.63. The number of carbonyl (C=O) groups excluding carboxylic acids is 1. The van der Waals surface area contributed by atoms with E-state index in [9.17, 15) is 30.3 Å². The number of ketones is 1. The van der Waals surface area contributed by atoms with Crippen molar-refractivity contribution < 1.29 is 50.4 Å². The zero-order chi connectivity index (χ0) is 16.3. The molecule has 0 aromatic carbocycles. The van der Waals surface area contributed by atoms with Crippen LogP contribution in [0.2, 0.25) is 0 Å². The second-order valence-corrected chi connectivity index (χ2v) is 4.84. The number of hydrogen-bond donors (Lipinski definition) is 8. The zero-order valence-corrected chi connectivity index (χ0v) is 10.9. The van der Waals surface area contributed by atoms with Crippen molar-refractivity contribution in [2.45, 2.75) is 48.8 Å². The summed E-state index contributed by atoms with van der Waals surface area (Å²) in [6, 6.07) is 0. The van der Waals surface area contributed by atoms with Crippen LogP contribution in [0.1, 0.15) is 0 Å². The summed E-state index contributed by atoms with van der Waals surface area (Å²) in [7, 11) is 0. The van der Waals surface area contributed by atoms with Gasteiger partial charge < -0.3 is 45.6 Å². The molecule has 1 aliphatic heterocycles. The van der Waals surface area contributed by atoms with E-state index < -0.39 is 67.8 Å². The van der Waals surface area contributed by atoms with Gasteiger partial charge in [-0.05, 0) is 0 Å². The van der Waals surface area contributed by atoms with Gasteiger partial charge in [0, 0.05) is 0 Å². The van der Waals surface area contributed by atoms with E-state index in [0.29, 0.717) is 0 Å². The molecule has 1 heterocycles. The number of Topliss-reactive ketones (excluding diaryl/α,β-unsaturated/α-hetero) is 1. The Morgan fingerprint density at radius 3 is 2.05 bits per heavy atom. The van der Waals surface area contributed by atoms with Crippen molar-refractivity contribution in [1.82, 2.24) is 0 Å². The minimum Gasteiger partial charge on any atom is -0.394 e. The maximum absolute atomic E-state index is 11.9. The summed E-state index contributed by atoms with van der Waals surface area (Å²) in [5, 5.41) is 74.5. The largest absolute Gasteiger partial charge is 0.394 e. The summed E-state index contributed by atoms with van der Waals surface area (Å²) in [5.74, 6) is -1.27. The molecule has 124 valence electrons. The number of rotatable bonds is 6. The Hall–Kier alpha value is -0.690. The third-order valence-corrected chi connectivity index (χ3v) is 3.37. The molecular formula is C11H20O10. The molecule has 0 aromatic heterocycles. The van der Waals surface area contributed by atoms with Crippen LogP contribution in [0.5, 0.6) is 0 Å². The van der Waals surface area contributed by atoms with Crippen molar-refractivity contribution in [3.05, 3.63) is 0 Å². The van der Waals surface area contributed by atoms with Gasteiger partial charge in [-0.3, -0.25) is 4.79 Å². The Bertz CT molecular complexity index is 348. The first-order valence-corrected chi connectivity index (χ1v) is 6.25. The Morgan fingerprint density at radius 1 is 1.00 bits per heavy atom. The number of carbonyl (C=O) groups is 1. The number of aliphatic hydroxyl groups is 8. The average Bonchev–Trinajstić information content (AvgIpc) is 2.50. The fourth-order valence-electron chi connectivity index (χ4n) is 1.99. The molecule has 0 spiro atoms. The maximum Gasteiger partial charge on any atom is 0.195 e. The molecule has 8 atom stereocenters. The minimum absolute atomic E-state index is 0.757. The molecule has 1 unspecified atom stereocenters. The third kappa shape index (κ3) is 3.74. The smallest absolute Gasteiger partial charge is 0.195 e. The molecular weight excluding hydrogens is 292 g/mol. The predicted octanol–water partition coefficient (Wildman–Crippen LogP) is -5.53. The highest BCUT2D eigenvalue weighted by atomic mass is 16.5. The number of aliphatic hydroxyl groups excluding tert-OH is 8. The predicted molar refractivity (Wildman–Crippen MR) is 63.9 cm³/mol. The molecule has 0 saturated carbocycles. The highest BCUT2D eigenvalue weighted by Crippen LogP contribution is 2.23. The van der Waals surface area contributed by atoms with E-state index in [4.69, 9.17) is 20.1 Å². The Morgan fingerprint density at radius 2 is 1.57 bits per heavy atom. The summed E-state index contributed by atoms with van der Waals surface area (Å²) in [6.45, 7) is -1.67. The van der Waals surface area contributed by atoms with Crippen molar-refractivity contribution in [2.24, 2.45) is 0 Å². The van der Waals surface area contributed by atoms with E-state index in [2.05, 4.69) is 0 Å². The lowest BCUT2D eigenvalue weighted by atomic mass is 9.90. The van der Waals surface area contributed by atoms with Crippen molar-refractivity contribution >= 4 is 5.78 Å². The van der Waals surface area contributed by atoms with Gasteiger partial charge in [-0.25, -0.2) is 0 Å². The molecule has 1 saturated heterocycles. The number of hydrogen-bond acceptors (Lipinski definition) is 10. The second-order valence-electron chi connectivity index (χ2n) is 4.84. The van der Waals surface area contributed by atoms with Gasteiger partial charge in [-0.15, -0.1) is 0 Å². The van der Waals surface area contributed by atoms with Gasteiger partial charge in [-0.1, -0.05) is 0 Å². The molecule has 10 heteroatoms. The molecule has 1 aliphatic rings. The van der Waals surface area contributed by atoms with E-state index in [-0.39, 0.29) is 0 Å². The lowest BCUT2D eigenvalue weighted by Gasteiger charge is -2.40. The fourth-order valence-corrected chi connectivity index (χ4v) is 1.99. The molecule has 1 rings (SSSR count). The van der Waals surface area contributed by atoms with Gasteiger partial charge >= 0.3 is 0 Å². The standard InChI is InChI=1S/C11H20O10/c12-1-3(14)5(15)7(17)9(19)11-10(20)8(18)6(16)4(2-13)21-11/h3-8,10-18,20H,1-2H2/t3-,4-,5-,6-,7-,8+,10-,11?/m1/s1. The molecule has 0 bridgehead atoms. The van der Waals surface area contributed by atoms with Crippen molar-refractivity contribution in [3.8, 4) is 0 Å². The van der Waals surface area contributed by atoms with E-state index in [1.165, 1.54) is 0 Å². The highest BCUT2D eigenvalue weighted by molar-refractivity contribution is 5.88. The van der Waals surface area contributed by atoms with Gasteiger partial charge in [0.2, 0.25) is 0 Å². The van der Waals surface area contributed by atoms with Crippen molar-refractivity contribution in [2.75, 3.05) is 13.2 Å². The normalized spacial score (nSPS) is 37.8. The minimum atomic E-state index is -2.20. The number of ether oxygens (including phenoxy) is 1. The van der Waals surface area contributed by atoms with Crippen LogP contribution in [-0.4, -0.2) is 109 Å². The van der Waals surface area contributed by atoms with Crippen LogP contribution in [0, 0.1) is 0 Å². The molecule has 0 radical (unpaired) electrons. The van der Waals surface area contributed by atoms with Gasteiger partial charge in [-0.2, -0.15) is 0 Å². The summed E-state index contributed by atoms with van der Waals surface area (Å²) < 4.78 is 4.90. The van der Waals surface area contributed by atoms with Crippen LogP contribution in [0.3, 0.4) is 0 Å². The first-order chi connectivity index (χ1) is 9.76. The van der Waals surface area contributed by atoms with Gasteiger partial charge in [0.15, 0.2) is 5.78 Å². The van der Waals surface area contributed by atoms with E-state index in [1.807, 2.05) is 0 Å². The molecule has 8 N–H and O–H groups in total. The average molecular weight is 312 g/mol. The zero-order valence-electron chi connectivity index (χ0n) is 10.9. The Labute approximate surface area is 119 Å². The van der Waals surface area contributed by atoms with Crippen LogP contribution in [0.4, 0.5) is 0 Å². The van der Waals surface area contributed by atoms with Gasteiger partial charge in [0.05, 0.1) is 13.2 Å². The Balaban J connectivity index is 2.85. The first kappa shape index (κ1) is 18.4. The van der Waals surface area contributed by atoms with Gasteiger partial charge in [0.25, 0.3) is 0 Å². The molecule has 1 fully saturated rings. The molecule has 0 amide bonds. The molecule has 0 aromatic rings. The van der Waals surface area contributed by atoms with Crippen molar-refractivity contribution in [3.63, 3.8) is 0 Å². The summed E-state index contributed by atoms with van der Waals surface area (Å²) >= 11 is 0. The van der Waals surface area contributed by atoms with E-state index in [1.54, 1.807) is 0 Å². The lowest BCUT2D eigenvalue weighted by molar-refractivity contribution is -0.230. The Kier molecular flexibility index (Phi) is 6.59. The third-order valence-electron chi connectivity index (χ3n) is 3.37. The quantitative estimate of drug-likeness (QED) is 0.235. The molecule has 10 nitrogen and oxygen atoms in total. The summed E-state index contributed by atoms with van der Waals surface area (Å²) in [6.07, 6.45) is -14.6. The summed E-state index contributed by atoms with van der Waals surface area (Å²) in [4.78, 5) is 11.9. The van der Waals surface area contributed by atoms with Crippen LogP contribution in [0.25, 0.3) is 0 Å². The van der Waals surface area contributed by atoms with Crippen LogP contribution >= 0.6 is 0 Å². The molecule has 0 aliphatic carbocycles. The SMILES string of the molecule is O=C(C1O[C@H](CO)[C@@H](O)[C@H](O)[C@H]1O)[C@H](O)[C@H](O)[C@H](O)CO. The van der Waals surface area contributed by atoms with Crippen LogP contribution in [-0.2, 0) is 9.53 Å². The maximum atomic E-state index is 11.9. The van der Waals surface area contributed by atoms with Crippen molar-refractivity contribution in [1.29, 1.82) is 0 Å². The molecule has 21 heavy (non-hydrogen) atoms. The first-order valence-electron chi connectivity index (χ1n) is 6.25. The van der Waals surface area contributed by atoms with Gasteiger partial charge in [0.1, 0.15) is 48.8 Å². The topological polar surface area (TPSA) is 188 Å². The van der Waals surface area contributed by atoms with Crippen LogP contribution < -0.4 is 0 Å². The fraction of sp³-hybridized carbons (Fsp3) is 0.909. The highest BCUT2D eigenvalue weighted by Gasteiger charge is 2.48. The van der Waals surface area contributed by atoms with E-state index >= 15 is 0 Å².